The van der Waals surface area contributed by atoms with Gasteiger partial charge >= 0.3 is 11.9 Å². The second-order valence-corrected chi connectivity index (χ2v) is 7.05. The molecule has 7 nitrogen and oxygen atoms in total. The van der Waals surface area contributed by atoms with Crippen molar-refractivity contribution in [3.05, 3.63) is 0 Å². The van der Waals surface area contributed by atoms with Crippen molar-refractivity contribution in [1.82, 2.24) is 0 Å². The molecule has 118 valence electrons. The zero-order valence-corrected chi connectivity index (χ0v) is 12.7. The van der Waals surface area contributed by atoms with Gasteiger partial charge in [-0.05, 0) is 34.6 Å². The van der Waals surface area contributed by atoms with Gasteiger partial charge in [-0.3, -0.25) is 4.79 Å². The predicted octanol–water partition coefficient (Wildman–Crippen LogP) is 0.746. The van der Waals surface area contributed by atoms with Crippen LogP contribution in [0.3, 0.4) is 0 Å². The van der Waals surface area contributed by atoms with Crippen LogP contribution in [0.5, 0.6) is 0 Å². The van der Waals surface area contributed by atoms with Crippen LogP contribution in [0.25, 0.3) is 0 Å². The van der Waals surface area contributed by atoms with Gasteiger partial charge < -0.3 is 23.7 Å². The first-order valence-electron chi connectivity index (χ1n) is 7.01. The summed E-state index contributed by atoms with van der Waals surface area (Å²) in [6.07, 6.45) is -3.47. The molecule has 5 unspecified atom stereocenters. The van der Waals surface area contributed by atoms with Gasteiger partial charge in [-0.15, -0.1) is 0 Å². The van der Waals surface area contributed by atoms with Gasteiger partial charge in [0, 0.05) is 0 Å². The van der Waals surface area contributed by atoms with E-state index in [0.29, 0.717) is 0 Å². The second kappa shape index (κ2) is 4.41. The Kier molecular flexibility index (Phi) is 3.10. The van der Waals surface area contributed by atoms with Gasteiger partial charge in [0.15, 0.2) is 24.3 Å². The maximum Gasteiger partial charge on any atom is 0.350 e. The molecule has 3 aliphatic rings. The molecule has 0 aliphatic carbocycles. The second-order valence-electron chi connectivity index (χ2n) is 7.05. The number of ether oxygens (including phenoxy) is 5. The summed E-state index contributed by atoms with van der Waals surface area (Å²) < 4.78 is 27.5. The molecule has 0 radical (unpaired) electrons. The first kappa shape index (κ1) is 14.7. The van der Waals surface area contributed by atoms with Crippen molar-refractivity contribution >= 4 is 11.9 Å². The Hall–Kier alpha value is -1.18. The first-order chi connectivity index (χ1) is 9.58. The molecular weight excluding hydrogens is 280 g/mol. The molecule has 0 bridgehead atoms. The molecule has 0 spiro atoms. The lowest BCUT2D eigenvalue weighted by Gasteiger charge is -2.23. The van der Waals surface area contributed by atoms with E-state index in [-0.39, 0.29) is 0 Å². The lowest BCUT2D eigenvalue weighted by Crippen LogP contribution is -2.39. The molecule has 5 atom stereocenters. The highest BCUT2D eigenvalue weighted by Crippen LogP contribution is 2.43. The zero-order chi connectivity index (χ0) is 15.6. The summed E-state index contributed by atoms with van der Waals surface area (Å²) in [7, 11) is 0. The summed E-state index contributed by atoms with van der Waals surface area (Å²) in [6.45, 7) is 8.67. The fourth-order valence-electron chi connectivity index (χ4n) is 2.62. The van der Waals surface area contributed by atoms with Crippen LogP contribution in [0.4, 0.5) is 0 Å². The van der Waals surface area contributed by atoms with Crippen LogP contribution in [0, 0.1) is 5.41 Å². The highest BCUT2D eigenvalue weighted by molar-refractivity contribution is 5.84. The number of fused-ring (bicyclic) bond motifs is 3. The molecule has 0 saturated carbocycles. The molecule has 0 aromatic rings. The van der Waals surface area contributed by atoms with E-state index >= 15 is 0 Å². The molecular formula is C14H20O7. The maximum atomic E-state index is 12.0. The number of hydrogen-bond acceptors (Lipinski definition) is 7. The van der Waals surface area contributed by atoms with Gasteiger partial charge in [-0.25, -0.2) is 4.79 Å². The molecule has 0 N–H and O–H groups in total. The van der Waals surface area contributed by atoms with Crippen molar-refractivity contribution in [2.45, 2.75) is 71.1 Å². The van der Waals surface area contributed by atoms with Crippen molar-refractivity contribution in [1.29, 1.82) is 0 Å². The van der Waals surface area contributed by atoms with E-state index in [2.05, 4.69) is 0 Å². The smallest absolute Gasteiger partial charge is 0.350 e. The van der Waals surface area contributed by atoms with Crippen molar-refractivity contribution < 1.29 is 33.3 Å². The Labute approximate surface area is 122 Å². The minimum Gasteiger partial charge on any atom is -0.454 e. The van der Waals surface area contributed by atoms with Gasteiger partial charge in [-0.1, -0.05) is 0 Å². The Balaban J connectivity index is 1.73. The molecule has 0 aromatic heterocycles. The third kappa shape index (κ3) is 2.43. The average molecular weight is 300 g/mol. The highest BCUT2D eigenvalue weighted by Gasteiger charge is 2.64. The normalized spacial score (nSPS) is 40.6. The maximum absolute atomic E-state index is 12.0. The molecule has 21 heavy (non-hydrogen) atoms. The minimum absolute atomic E-state index is 0.479. The van der Waals surface area contributed by atoms with E-state index in [0.717, 1.165) is 0 Å². The molecule has 0 amide bonds. The summed E-state index contributed by atoms with van der Waals surface area (Å²) in [5.41, 5.74) is -0.707. The van der Waals surface area contributed by atoms with Crippen LogP contribution < -0.4 is 0 Å². The lowest BCUT2D eigenvalue weighted by atomic mass is 9.97. The van der Waals surface area contributed by atoms with Crippen LogP contribution in [-0.4, -0.2) is 48.4 Å². The molecule has 3 aliphatic heterocycles. The van der Waals surface area contributed by atoms with Crippen LogP contribution in [-0.2, 0) is 33.3 Å². The van der Waals surface area contributed by atoms with Gasteiger partial charge in [0.2, 0.25) is 6.10 Å². The number of rotatable bonds is 1. The van der Waals surface area contributed by atoms with E-state index in [1.807, 2.05) is 0 Å². The van der Waals surface area contributed by atoms with E-state index in [1.54, 1.807) is 34.6 Å². The molecule has 3 heterocycles. The average Bonchev–Trinajstić information content (AvgIpc) is 2.87. The first-order valence-corrected chi connectivity index (χ1v) is 7.01. The summed E-state index contributed by atoms with van der Waals surface area (Å²) in [5.74, 6) is -1.87. The van der Waals surface area contributed by atoms with E-state index in [1.165, 1.54) is 0 Å². The van der Waals surface area contributed by atoms with Crippen molar-refractivity contribution in [3.63, 3.8) is 0 Å². The Morgan fingerprint density at radius 2 is 1.81 bits per heavy atom. The van der Waals surface area contributed by atoms with Crippen molar-refractivity contribution in [2.75, 3.05) is 0 Å². The third-order valence-electron chi connectivity index (χ3n) is 3.66. The van der Waals surface area contributed by atoms with Crippen LogP contribution in [0.15, 0.2) is 0 Å². The Morgan fingerprint density at radius 3 is 2.43 bits per heavy atom. The summed E-state index contributed by atoms with van der Waals surface area (Å²) >= 11 is 0. The number of esters is 2. The monoisotopic (exact) mass is 300 g/mol. The molecule has 3 saturated heterocycles. The molecule has 7 heteroatoms. The van der Waals surface area contributed by atoms with Gasteiger partial charge in [0.25, 0.3) is 0 Å². The number of hydrogen-bond donors (Lipinski definition) is 0. The van der Waals surface area contributed by atoms with Crippen molar-refractivity contribution in [3.8, 4) is 0 Å². The van der Waals surface area contributed by atoms with Gasteiger partial charge in [-0.2, -0.15) is 0 Å². The van der Waals surface area contributed by atoms with Gasteiger partial charge in [0.1, 0.15) is 6.10 Å². The van der Waals surface area contributed by atoms with Crippen LogP contribution in [0.2, 0.25) is 0 Å². The quantitative estimate of drug-likeness (QED) is 0.661. The fraction of sp³-hybridized carbons (Fsp3) is 0.857. The zero-order valence-electron chi connectivity index (χ0n) is 12.7. The summed E-state index contributed by atoms with van der Waals surface area (Å²) in [5, 5.41) is 0. The molecule has 0 aromatic carbocycles. The number of carbonyl (C=O) groups is 2. The highest BCUT2D eigenvalue weighted by atomic mass is 16.8. The Bertz CT molecular complexity index is 478. The largest absolute Gasteiger partial charge is 0.454 e. The topological polar surface area (TPSA) is 80.3 Å². The molecule has 3 fully saturated rings. The number of carbonyl (C=O) groups excluding carboxylic acids is 2. The van der Waals surface area contributed by atoms with Crippen molar-refractivity contribution in [2.24, 2.45) is 5.41 Å². The SMILES string of the molecule is CC1(C)OC2OC3C(OC(=O)C(C)(C)C)C(=O)OC3C2O1. The van der Waals surface area contributed by atoms with E-state index in [4.69, 9.17) is 23.7 Å². The standard InChI is InChI=1S/C14H20O7/c1-13(2,3)12(16)19-8-6-7(17-10(8)15)9-11(18-6)21-14(4,5)20-9/h6-9,11H,1-5H3. The minimum atomic E-state index is -1.07. The van der Waals surface area contributed by atoms with E-state index < -0.39 is 53.8 Å². The fourth-order valence-corrected chi connectivity index (χ4v) is 2.62. The van der Waals surface area contributed by atoms with Crippen LogP contribution in [0.1, 0.15) is 34.6 Å². The predicted molar refractivity (Wildman–Crippen MR) is 67.9 cm³/mol. The summed E-state index contributed by atoms with van der Waals surface area (Å²) in [6, 6.07) is 0. The van der Waals surface area contributed by atoms with Crippen LogP contribution >= 0.6 is 0 Å². The van der Waals surface area contributed by atoms with Gasteiger partial charge in [0.05, 0.1) is 5.41 Å². The van der Waals surface area contributed by atoms with E-state index in [9.17, 15) is 9.59 Å². The lowest BCUT2D eigenvalue weighted by molar-refractivity contribution is -0.217. The third-order valence-corrected chi connectivity index (χ3v) is 3.66. The summed E-state index contributed by atoms with van der Waals surface area (Å²) in [4.78, 5) is 23.9. The Morgan fingerprint density at radius 1 is 1.14 bits per heavy atom. The molecule has 3 rings (SSSR count).